The molecule has 0 amide bonds. The zero-order chi connectivity index (χ0) is 13.5. The van der Waals surface area contributed by atoms with Crippen molar-refractivity contribution in [2.45, 2.75) is 31.9 Å². The molecule has 0 aliphatic carbocycles. The molecule has 2 atom stereocenters. The van der Waals surface area contributed by atoms with E-state index in [1.807, 2.05) is 7.05 Å². The lowest BCUT2D eigenvalue weighted by molar-refractivity contribution is 0.163. The van der Waals surface area contributed by atoms with E-state index < -0.39 is 0 Å². The molecule has 102 valence electrons. The molecule has 0 saturated carbocycles. The first kappa shape index (κ1) is 15.0. The van der Waals surface area contributed by atoms with Gasteiger partial charge in [-0.3, -0.25) is 4.98 Å². The third-order valence-electron chi connectivity index (χ3n) is 2.88. The number of aromatic nitrogens is 1. The van der Waals surface area contributed by atoms with E-state index in [0.717, 1.165) is 25.9 Å². The molecule has 1 rings (SSSR count). The van der Waals surface area contributed by atoms with Crippen LogP contribution >= 0.6 is 0 Å². The summed E-state index contributed by atoms with van der Waals surface area (Å²) >= 11 is 0. The van der Waals surface area contributed by atoms with Gasteiger partial charge in [-0.05, 0) is 45.5 Å². The van der Waals surface area contributed by atoms with Crippen molar-refractivity contribution >= 4 is 0 Å². The number of aliphatic hydroxyl groups excluding tert-OH is 1. The lowest BCUT2D eigenvalue weighted by Gasteiger charge is -2.19. The summed E-state index contributed by atoms with van der Waals surface area (Å²) < 4.78 is 12.7. The van der Waals surface area contributed by atoms with E-state index in [0.29, 0.717) is 5.69 Å². The molecule has 0 radical (unpaired) electrons. The highest BCUT2D eigenvalue weighted by molar-refractivity contribution is 5.09. The van der Waals surface area contributed by atoms with Crippen molar-refractivity contribution in [2.24, 2.45) is 5.73 Å². The van der Waals surface area contributed by atoms with Crippen LogP contribution in [0.4, 0.5) is 4.39 Å². The number of halogens is 1. The second-order valence-corrected chi connectivity index (χ2v) is 4.74. The Morgan fingerprint density at radius 3 is 2.61 bits per heavy atom. The van der Waals surface area contributed by atoms with Crippen LogP contribution in [0.3, 0.4) is 0 Å². The fourth-order valence-electron chi connectivity index (χ4n) is 1.63. The molecular formula is C13H22FN3O. The average Bonchev–Trinajstić information content (AvgIpc) is 2.34. The van der Waals surface area contributed by atoms with E-state index in [9.17, 15) is 9.50 Å². The topological polar surface area (TPSA) is 62.4 Å². The zero-order valence-electron chi connectivity index (χ0n) is 11.0. The molecule has 0 aromatic carbocycles. The van der Waals surface area contributed by atoms with Crippen molar-refractivity contribution in [3.05, 3.63) is 29.8 Å². The van der Waals surface area contributed by atoms with Crippen LogP contribution in [0, 0.1) is 5.82 Å². The molecule has 0 fully saturated rings. The Bertz CT molecular complexity index is 343. The quantitative estimate of drug-likeness (QED) is 0.771. The van der Waals surface area contributed by atoms with Gasteiger partial charge in [0.15, 0.2) is 0 Å². The van der Waals surface area contributed by atoms with E-state index in [4.69, 9.17) is 5.73 Å². The first-order chi connectivity index (χ1) is 8.49. The second-order valence-electron chi connectivity index (χ2n) is 4.74. The van der Waals surface area contributed by atoms with Crippen molar-refractivity contribution in [1.29, 1.82) is 0 Å². The standard InChI is InChI=1S/C13H22FN3O/c1-10(18)5-7-17(2)8-6-12(15)13-4-3-11(14)9-16-13/h3-4,9-10,12,18H,5-8,15H2,1-2H3. The SMILES string of the molecule is CC(O)CCN(C)CCC(N)c1ccc(F)cn1. The van der Waals surface area contributed by atoms with E-state index in [1.54, 1.807) is 13.0 Å². The van der Waals surface area contributed by atoms with Gasteiger partial charge in [-0.1, -0.05) is 0 Å². The van der Waals surface area contributed by atoms with E-state index in [2.05, 4.69) is 9.88 Å². The maximum Gasteiger partial charge on any atom is 0.141 e. The number of rotatable bonds is 7. The molecule has 0 spiro atoms. The molecule has 0 bridgehead atoms. The molecule has 5 heteroatoms. The minimum atomic E-state index is -0.347. The van der Waals surface area contributed by atoms with Crippen LogP contribution < -0.4 is 5.73 Å². The molecule has 0 aliphatic rings. The summed E-state index contributed by atoms with van der Waals surface area (Å²) in [6.45, 7) is 3.44. The Morgan fingerprint density at radius 2 is 2.06 bits per heavy atom. The summed E-state index contributed by atoms with van der Waals surface area (Å²) in [4.78, 5) is 6.09. The first-order valence-corrected chi connectivity index (χ1v) is 6.22. The van der Waals surface area contributed by atoms with E-state index >= 15 is 0 Å². The molecule has 1 heterocycles. The number of hydrogen-bond acceptors (Lipinski definition) is 4. The fourth-order valence-corrected chi connectivity index (χ4v) is 1.63. The maximum atomic E-state index is 12.7. The Hall–Kier alpha value is -1.04. The number of nitrogens with zero attached hydrogens (tertiary/aromatic N) is 2. The summed E-state index contributed by atoms with van der Waals surface area (Å²) in [5.74, 6) is -0.347. The highest BCUT2D eigenvalue weighted by Gasteiger charge is 2.09. The molecule has 3 N–H and O–H groups in total. The van der Waals surface area contributed by atoms with Gasteiger partial charge in [0.05, 0.1) is 18.0 Å². The third kappa shape index (κ3) is 5.53. The van der Waals surface area contributed by atoms with Gasteiger partial charge in [-0.25, -0.2) is 4.39 Å². The van der Waals surface area contributed by atoms with Gasteiger partial charge >= 0.3 is 0 Å². The minimum Gasteiger partial charge on any atom is -0.393 e. The first-order valence-electron chi connectivity index (χ1n) is 6.22. The Kier molecular flexibility index (Phi) is 6.18. The normalized spacial score (nSPS) is 14.8. The van der Waals surface area contributed by atoms with Crippen LogP contribution in [0.2, 0.25) is 0 Å². The van der Waals surface area contributed by atoms with Gasteiger partial charge in [0.1, 0.15) is 5.82 Å². The van der Waals surface area contributed by atoms with E-state index in [1.165, 1.54) is 12.3 Å². The molecule has 1 aromatic rings. The fraction of sp³-hybridized carbons (Fsp3) is 0.615. The summed E-state index contributed by atoms with van der Waals surface area (Å²) in [6, 6.07) is 2.81. The smallest absolute Gasteiger partial charge is 0.141 e. The monoisotopic (exact) mass is 255 g/mol. The average molecular weight is 255 g/mol. The summed E-state index contributed by atoms with van der Waals surface area (Å²) in [6.07, 6.45) is 2.42. The predicted octanol–water partition coefficient (Wildman–Crippen LogP) is 1.31. The van der Waals surface area contributed by atoms with Gasteiger partial charge < -0.3 is 15.7 Å². The van der Waals surface area contributed by atoms with Crippen molar-refractivity contribution in [2.75, 3.05) is 20.1 Å². The van der Waals surface area contributed by atoms with Crippen molar-refractivity contribution in [3.8, 4) is 0 Å². The lowest BCUT2D eigenvalue weighted by Crippen LogP contribution is -2.26. The third-order valence-corrected chi connectivity index (χ3v) is 2.88. The van der Waals surface area contributed by atoms with Crippen LogP contribution in [0.15, 0.2) is 18.3 Å². The highest BCUT2D eigenvalue weighted by atomic mass is 19.1. The summed E-state index contributed by atoms with van der Waals surface area (Å²) in [5, 5.41) is 9.19. The molecule has 0 saturated heterocycles. The van der Waals surface area contributed by atoms with Gasteiger partial charge in [0, 0.05) is 12.6 Å². The molecule has 1 aromatic heterocycles. The van der Waals surface area contributed by atoms with Crippen LogP contribution in [0.1, 0.15) is 31.5 Å². The predicted molar refractivity (Wildman–Crippen MR) is 69.5 cm³/mol. The second kappa shape index (κ2) is 7.41. The molecule has 0 aliphatic heterocycles. The zero-order valence-corrected chi connectivity index (χ0v) is 11.0. The van der Waals surface area contributed by atoms with Gasteiger partial charge in [0.2, 0.25) is 0 Å². The molecule has 18 heavy (non-hydrogen) atoms. The van der Waals surface area contributed by atoms with Crippen LogP contribution in [0.25, 0.3) is 0 Å². The minimum absolute atomic E-state index is 0.181. The number of nitrogens with two attached hydrogens (primary N) is 1. The molecular weight excluding hydrogens is 233 g/mol. The summed E-state index contributed by atoms with van der Waals surface area (Å²) in [5.41, 5.74) is 6.70. The van der Waals surface area contributed by atoms with Crippen LogP contribution in [-0.2, 0) is 0 Å². The van der Waals surface area contributed by atoms with Crippen LogP contribution in [0.5, 0.6) is 0 Å². The van der Waals surface area contributed by atoms with Gasteiger partial charge in [-0.15, -0.1) is 0 Å². The Morgan fingerprint density at radius 1 is 1.39 bits per heavy atom. The maximum absolute atomic E-state index is 12.7. The largest absolute Gasteiger partial charge is 0.393 e. The number of aliphatic hydroxyl groups is 1. The van der Waals surface area contributed by atoms with Gasteiger partial charge in [0.25, 0.3) is 0 Å². The molecule has 4 nitrogen and oxygen atoms in total. The lowest BCUT2D eigenvalue weighted by atomic mass is 10.1. The van der Waals surface area contributed by atoms with E-state index in [-0.39, 0.29) is 18.0 Å². The van der Waals surface area contributed by atoms with Crippen LogP contribution in [-0.4, -0.2) is 41.2 Å². The number of pyridine rings is 1. The van der Waals surface area contributed by atoms with Gasteiger partial charge in [-0.2, -0.15) is 0 Å². The number of hydrogen-bond donors (Lipinski definition) is 2. The Labute approximate surface area is 108 Å². The molecule has 2 unspecified atom stereocenters. The van der Waals surface area contributed by atoms with Crippen molar-refractivity contribution < 1.29 is 9.50 Å². The highest BCUT2D eigenvalue weighted by Crippen LogP contribution is 2.12. The van der Waals surface area contributed by atoms with Crippen molar-refractivity contribution in [3.63, 3.8) is 0 Å². The summed E-state index contributed by atoms with van der Waals surface area (Å²) in [7, 11) is 1.99. The Balaban J connectivity index is 2.32. The van der Waals surface area contributed by atoms with Crippen molar-refractivity contribution in [1.82, 2.24) is 9.88 Å².